The number of hydrogen-bond donors (Lipinski definition) is 1. The number of nitro benzene ring substituents is 1. The first-order chi connectivity index (χ1) is 6.32. The van der Waals surface area contributed by atoms with Crippen molar-refractivity contribution >= 4 is 5.69 Å². The largest absolute Gasteiger partial charge is 0.386 e. The molecular formula is C10H13NO3. The number of nitro groups is 1. The van der Waals surface area contributed by atoms with Crippen LogP contribution >= 0.6 is 0 Å². The third-order valence-electron chi connectivity index (χ3n) is 2.09. The average Bonchev–Trinajstić information content (AvgIpc) is 2.02. The van der Waals surface area contributed by atoms with Crippen molar-refractivity contribution < 1.29 is 10.0 Å². The van der Waals surface area contributed by atoms with Crippen molar-refractivity contribution in [3.05, 3.63) is 39.4 Å². The lowest BCUT2D eigenvalue weighted by molar-refractivity contribution is -0.385. The molecule has 1 aromatic carbocycles. The van der Waals surface area contributed by atoms with E-state index in [-0.39, 0.29) is 5.69 Å². The molecular weight excluding hydrogens is 182 g/mol. The molecule has 0 saturated heterocycles. The molecule has 0 heterocycles. The predicted octanol–water partition coefficient (Wildman–Crippen LogP) is 2.13. The fraction of sp³-hybridized carbons (Fsp3) is 0.400. The fourth-order valence-electron chi connectivity index (χ4n) is 1.38. The molecule has 1 rings (SSSR count). The normalized spacial score (nSPS) is 11.4. The quantitative estimate of drug-likeness (QED) is 0.580. The molecule has 0 atom stereocenters. The second kappa shape index (κ2) is 3.38. The van der Waals surface area contributed by atoms with Gasteiger partial charge in [0.25, 0.3) is 5.69 Å². The summed E-state index contributed by atoms with van der Waals surface area (Å²) in [5, 5.41) is 20.3. The van der Waals surface area contributed by atoms with E-state index >= 15 is 0 Å². The van der Waals surface area contributed by atoms with Gasteiger partial charge >= 0.3 is 0 Å². The van der Waals surface area contributed by atoms with Crippen LogP contribution in [0.5, 0.6) is 0 Å². The first-order valence-electron chi connectivity index (χ1n) is 4.30. The van der Waals surface area contributed by atoms with Gasteiger partial charge < -0.3 is 5.11 Å². The topological polar surface area (TPSA) is 63.4 Å². The summed E-state index contributed by atoms with van der Waals surface area (Å²) in [5.41, 5.74) is 0.401. The zero-order valence-corrected chi connectivity index (χ0v) is 8.44. The molecule has 14 heavy (non-hydrogen) atoms. The van der Waals surface area contributed by atoms with Gasteiger partial charge in [-0.2, -0.15) is 0 Å². The maximum absolute atomic E-state index is 10.5. The number of benzene rings is 1. The molecule has 0 aliphatic heterocycles. The smallest absolute Gasteiger partial charge is 0.269 e. The number of nitrogens with zero attached hydrogens (tertiary/aromatic N) is 1. The van der Waals surface area contributed by atoms with Gasteiger partial charge in [-0.25, -0.2) is 0 Å². The van der Waals surface area contributed by atoms with E-state index in [1.807, 2.05) is 6.92 Å². The maximum Gasteiger partial charge on any atom is 0.269 e. The third kappa shape index (κ3) is 2.09. The Morgan fingerprint density at radius 3 is 2.43 bits per heavy atom. The van der Waals surface area contributed by atoms with Crippen molar-refractivity contribution in [2.24, 2.45) is 0 Å². The van der Waals surface area contributed by atoms with Crippen molar-refractivity contribution in [3.8, 4) is 0 Å². The number of hydrogen-bond acceptors (Lipinski definition) is 3. The molecule has 0 saturated carbocycles. The van der Waals surface area contributed by atoms with Gasteiger partial charge in [-0.15, -0.1) is 0 Å². The van der Waals surface area contributed by atoms with E-state index in [0.717, 1.165) is 5.56 Å². The molecule has 0 unspecified atom stereocenters. The Morgan fingerprint density at radius 1 is 1.43 bits per heavy atom. The molecule has 0 amide bonds. The summed E-state index contributed by atoms with van der Waals surface area (Å²) in [7, 11) is 0. The van der Waals surface area contributed by atoms with Crippen LogP contribution in [-0.2, 0) is 5.60 Å². The third-order valence-corrected chi connectivity index (χ3v) is 2.09. The molecule has 0 bridgehead atoms. The van der Waals surface area contributed by atoms with Crippen molar-refractivity contribution in [2.45, 2.75) is 26.4 Å². The number of non-ortho nitro benzene ring substituents is 1. The fourth-order valence-corrected chi connectivity index (χ4v) is 1.38. The summed E-state index contributed by atoms with van der Waals surface area (Å²) < 4.78 is 0. The van der Waals surface area contributed by atoms with Crippen LogP contribution in [0.25, 0.3) is 0 Å². The van der Waals surface area contributed by atoms with Crippen molar-refractivity contribution in [1.82, 2.24) is 0 Å². The molecule has 0 aromatic heterocycles. The molecule has 0 aliphatic carbocycles. The Balaban J connectivity index is 3.29. The highest BCUT2D eigenvalue weighted by Crippen LogP contribution is 2.26. The second-order valence-electron chi connectivity index (χ2n) is 3.82. The Morgan fingerprint density at radius 2 is 2.00 bits per heavy atom. The molecule has 4 heteroatoms. The number of aryl methyl sites for hydroxylation is 1. The summed E-state index contributed by atoms with van der Waals surface area (Å²) in [6.07, 6.45) is 0. The Bertz CT molecular complexity index is 366. The minimum atomic E-state index is -1.05. The maximum atomic E-state index is 10.5. The van der Waals surface area contributed by atoms with E-state index in [0.29, 0.717) is 5.56 Å². The molecule has 1 aromatic rings. The SMILES string of the molecule is Cc1ccc([N+](=O)[O-])cc1C(C)(C)O. The molecule has 1 N–H and O–H groups in total. The standard InChI is InChI=1S/C10H13NO3/c1-7-4-5-8(11(13)14)6-9(7)10(2,3)12/h4-6,12H,1-3H3. The predicted molar refractivity (Wildman–Crippen MR) is 53.1 cm³/mol. The van der Waals surface area contributed by atoms with E-state index in [1.165, 1.54) is 12.1 Å². The molecule has 76 valence electrons. The molecule has 0 fully saturated rings. The average molecular weight is 195 g/mol. The first kappa shape index (κ1) is 10.7. The Kier molecular flexibility index (Phi) is 2.57. The van der Waals surface area contributed by atoms with Crippen LogP contribution in [0.4, 0.5) is 5.69 Å². The van der Waals surface area contributed by atoms with Crippen LogP contribution in [0.3, 0.4) is 0 Å². The van der Waals surface area contributed by atoms with Gasteiger partial charge in [-0.1, -0.05) is 6.07 Å². The Labute approximate surface area is 82.3 Å². The lowest BCUT2D eigenvalue weighted by Crippen LogP contribution is -2.17. The van der Waals surface area contributed by atoms with E-state index in [4.69, 9.17) is 0 Å². The van der Waals surface area contributed by atoms with Gasteiger partial charge in [0.2, 0.25) is 0 Å². The first-order valence-corrected chi connectivity index (χ1v) is 4.30. The minimum Gasteiger partial charge on any atom is -0.386 e. The minimum absolute atomic E-state index is 0.00715. The monoisotopic (exact) mass is 195 g/mol. The van der Waals surface area contributed by atoms with Crippen LogP contribution in [0.15, 0.2) is 18.2 Å². The Hall–Kier alpha value is -1.42. The van der Waals surface area contributed by atoms with Crippen LogP contribution in [0.1, 0.15) is 25.0 Å². The van der Waals surface area contributed by atoms with Crippen molar-refractivity contribution in [2.75, 3.05) is 0 Å². The van der Waals surface area contributed by atoms with Crippen molar-refractivity contribution in [3.63, 3.8) is 0 Å². The van der Waals surface area contributed by atoms with Crippen LogP contribution in [-0.4, -0.2) is 10.0 Å². The highest BCUT2D eigenvalue weighted by molar-refractivity contribution is 5.41. The molecule has 4 nitrogen and oxygen atoms in total. The number of aliphatic hydroxyl groups is 1. The number of rotatable bonds is 2. The highest BCUT2D eigenvalue weighted by atomic mass is 16.6. The lowest BCUT2D eigenvalue weighted by atomic mass is 9.93. The second-order valence-corrected chi connectivity index (χ2v) is 3.82. The van der Waals surface area contributed by atoms with Crippen LogP contribution in [0.2, 0.25) is 0 Å². The zero-order chi connectivity index (χ0) is 10.9. The summed E-state index contributed by atoms with van der Waals surface area (Å²) >= 11 is 0. The van der Waals surface area contributed by atoms with E-state index in [2.05, 4.69) is 0 Å². The van der Waals surface area contributed by atoms with Gasteiger partial charge in [-0.05, 0) is 31.9 Å². The van der Waals surface area contributed by atoms with E-state index < -0.39 is 10.5 Å². The van der Waals surface area contributed by atoms with Crippen LogP contribution < -0.4 is 0 Å². The van der Waals surface area contributed by atoms with Gasteiger partial charge in [0.1, 0.15) is 0 Å². The summed E-state index contributed by atoms with van der Waals surface area (Å²) in [4.78, 5) is 10.1. The molecule has 0 aliphatic rings. The van der Waals surface area contributed by atoms with Gasteiger partial charge in [0.05, 0.1) is 10.5 Å². The van der Waals surface area contributed by atoms with Gasteiger partial charge in [0.15, 0.2) is 0 Å². The van der Waals surface area contributed by atoms with E-state index in [1.54, 1.807) is 19.9 Å². The van der Waals surface area contributed by atoms with Crippen LogP contribution in [0, 0.1) is 17.0 Å². The lowest BCUT2D eigenvalue weighted by Gasteiger charge is -2.19. The molecule has 0 radical (unpaired) electrons. The summed E-state index contributed by atoms with van der Waals surface area (Å²) in [6, 6.07) is 4.49. The highest BCUT2D eigenvalue weighted by Gasteiger charge is 2.21. The van der Waals surface area contributed by atoms with Gasteiger partial charge in [0, 0.05) is 12.1 Å². The van der Waals surface area contributed by atoms with E-state index in [9.17, 15) is 15.2 Å². The summed E-state index contributed by atoms with van der Waals surface area (Å²) in [6.45, 7) is 5.04. The zero-order valence-electron chi connectivity index (χ0n) is 8.44. The summed E-state index contributed by atoms with van der Waals surface area (Å²) in [5.74, 6) is 0. The van der Waals surface area contributed by atoms with Gasteiger partial charge in [-0.3, -0.25) is 10.1 Å². The molecule has 0 spiro atoms. The van der Waals surface area contributed by atoms with Crippen molar-refractivity contribution in [1.29, 1.82) is 0 Å².